The van der Waals surface area contributed by atoms with Gasteiger partial charge in [0.05, 0.1) is 0 Å². The third kappa shape index (κ3) is 5.00. The number of carboxylic acids is 1. The van der Waals surface area contributed by atoms with Crippen LogP contribution < -0.4 is 22.1 Å². The van der Waals surface area contributed by atoms with Crippen LogP contribution in [-0.2, 0) is 4.79 Å². The van der Waals surface area contributed by atoms with Gasteiger partial charge in [-0.25, -0.2) is 4.79 Å². The number of amides is 1. The summed E-state index contributed by atoms with van der Waals surface area (Å²) >= 11 is 0. The largest absolute Gasteiger partial charge is 0.480 e. The van der Waals surface area contributed by atoms with Crippen LogP contribution >= 0.6 is 0 Å². The van der Waals surface area contributed by atoms with Gasteiger partial charge >= 0.3 is 5.97 Å². The third-order valence-electron chi connectivity index (χ3n) is 3.64. The molecule has 0 aliphatic carbocycles. The molecule has 9 heteroatoms. The van der Waals surface area contributed by atoms with Gasteiger partial charge in [-0.1, -0.05) is 12.1 Å². The molecular formula is C17H21N5O4. The average Bonchev–Trinajstić information content (AvgIpc) is 3.07. The number of nitrogens with one attached hydrogen (secondary N) is 3. The van der Waals surface area contributed by atoms with Crippen LogP contribution in [0.3, 0.4) is 0 Å². The van der Waals surface area contributed by atoms with Gasteiger partial charge in [-0.15, -0.1) is 0 Å². The van der Waals surface area contributed by atoms with Crippen LogP contribution in [0.2, 0.25) is 0 Å². The summed E-state index contributed by atoms with van der Waals surface area (Å²) in [7, 11) is 0. The van der Waals surface area contributed by atoms with Crippen LogP contribution in [0.25, 0.3) is 11.3 Å². The van der Waals surface area contributed by atoms with Gasteiger partial charge in [-0.2, -0.15) is 0 Å². The lowest BCUT2D eigenvalue weighted by molar-refractivity contribution is -0.139. The predicted molar refractivity (Wildman–Crippen MR) is 96.6 cm³/mol. The predicted octanol–water partition coefficient (Wildman–Crippen LogP) is 0.975. The Morgan fingerprint density at radius 2 is 1.96 bits per heavy atom. The highest BCUT2D eigenvalue weighted by Crippen LogP contribution is 2.27. The minimum absolute atomic E-state index is 0.00337. The molecule has 9 nitrogen and oxygen atoms in total. The van der Waals surface area contributed by atoms with Gasteiger partial charge < -0.3 is 31.6 Å². The number of rotatable bonds is 8. The number of benzene rings is 1. The number of carboxylic acid groups (broad SMARTS) is 1. The molecule has 0 bridgehead atoms. The van der Waals surface area contributed by atoms with Gasteiger partial charge in [-0.05, 0) is 37.1 Å². The summed E-state index contributed by atoms with van der Waals surface area (Å²) in [5.74, 6) is -1.55. The zero-order chi connectivity index (χ0) is 19.1. The standard InChI is InChI=1S/C17H21N5O4/c18-11-5-2-1-4-10(11)13-7-8-14(26-13)15(23)22-12(16(24)25)6-3-9-21-17(19)20/h1-2,4-5,7-8,12H,3,6,9,18H2,(H,22,23)(H,24,25)(H4,19,20,21)/t12-/m0/s1. The fraction of sp³-hybridized carbons (Fsp3) is 0.235. The lowest BCUT2D eigenvalue weighted by Gasteiger charge is -2.13. The molecule has 0 aliphatic rings. The van der Waals surface area contributed by atoms with Crippen molar-refractivity contribution in [2.24, 2.45) is 5.73 Å². The second kappa shape index (κ2) is 8.56. The van der Waals surface area contributed by atoms with E-state index in [0.29, 0.717) is 30.0 Å². The second-order valence-corrected chi connectivity index (χ2v) is 5.60. The summed E-state index contributed by atoms with van der Waals surface area (Å²) in [6.07, 6.45) is 0.599. The number of para-hydroxylation sites is 1. The Hall–Kier alpha value is -3.49. The topological polar surface area (TPSA) is 167 Å². The Morgan fingerprint density at radius 1 is 1.23 bits per heavy atom. The molecule has 2 aromatic rings. The van der Waals surface area contributed by atoms with Crippen molar-refractivity contribution in [2.75, 3.05) is 12.3 Å². The number of anilines is 1. The monoisotopic (exact) mass is 359 g/mol. The summed E-state index contributed by atoms with van der Waals surface area (Å²) in [5, 5.41) is 21.3. The number of aliphatic carboxylic acids is 1. The van der Waals surface area contributed by atoms with Gasteiger partial charge in [0.15, 0.2) is 11.7 Å². The Balaban J connectivity index is 2.00. The van der Waals surface area contributed by atoms with Crippen LogP contribution in [-0.4, -0.2) is 35.5 Å². The molecule has 0 saturated carbocycles. The lowest BCUT2D eigenvalue weighted by Crippen LogP contribution is -2.41. The molecule has 0 radical (unpaired) electrons. The maximum Gasteiger partial charge on any atom is 0.326 e. The number of hydrogen-bond acceptors (Lipinski definition) is 5. The van der Waals surface area contributed by atoms with E-state index in [-0.39, 0.29) is 18.1 Å². The first kappa shape index (κ1) is 18.8. The van der Waals surface area contributed by atoms with Gasteiger partial charge in [-0.3, -0.25) is 10.2 Å². The summed E-state index contributed by atoms with van der Waals surface area (Å²) in [6, 6.07) is 9.05. The average molecular weight is 359 g/mol. The molecule has 1 aromatic heterocycles. The Bertz CT molecular complexity index is 802. The fourth-order valence-corrected chi connectivity index (χ4v) is 2.34. The Kier molecular flexibility index (Phi) is 6.20. The lowest BCUT2D eigenvalue weighted by atomic mass is 10.1. The minimum Gasteiger partial charge on any atom is -0.480 e. The molecule has 0 spiro atoms. The number of nitrogens with two attached hydrogens (primary N) is 2. The maximum atomic E-state index is 12.3. The van der Waals surface area contributed by atoms with Crippen molar-refractivity contribution in [2.45, 2.75) is 18.9 Å². The minimum atomic E-state index is -1.15. The Morgan fingerprint density at radius 3 is 2.62 bits per heavy atom. The fourth-order valence-electron chi connectivity index (χ4n) is 2.34. The SMILES string of the molecule is N=C(N)NCCC[C@H](NC(=O)c1ccc(-c2ccccc2N)o1)C(=O)O. The van der Waals surface area contributed by atoms with Crippen LogP contribution in [0, 0.1) is 5.41 Å². The van der Waals surface area contributed by atoms with E-state index in [9.17, 15) is 14.7 Å². The summed E-state index contributed by atoms with van der Waals surface area (Å²) in [5.41, 5.74) is 12.2. The number of carbonyl (C=O) groups excluding carboxylic acids is 1. The van der Waals surface area contributed by atoms with E-state index in [0.717, 1.165) is 0 Å². The number of hydrogen-bond donors (Lipinski definition) is 6. The number of carbonyl (C=O) groups is 2. The van der Waals surface area contributed by atoms with Crippen molar-refractivity contribution in [1.29, 1.82) is 5.41 Å². The van der Waals surface area contributed by atoms with Gasteiger partial charge in [0.1, 0.15) is 11.8 Å². The molecule has 8 N–H and O–H groups in total. The number of guanidine groups is 1. The van der Waals surface area contributed by atoms with E-state index < -0.39 is 17.9 Å². The van der Waals surface area contributed by atoms with E-state index in [1.807, 2.05) is 0 Å². The number of nitrogen functional groups attached to an aromatic ring is 1. The van der Waals surface area contributed by atoms with Gasteiger partial charge in [0, 0.05) is 17.8 Å². The molecule has 0 aliphatic heterocycles. The molecule has 26 heavy (non-hydrogen) atoms. The van der Waals surface area contributed by atoms with Crippen LogP contribution in [0.5, 0.6) is 0 Å². The van der Waals surface area contributed by atoms with Crippen molar-refractivity contribution >= 4 is 23.5 Å². The smallest absolute Gasteiger partial charge is 0.326 e. The van der Waals surface area contributed by atoms with Crippen molar-refractivity contribution in [3.8, 4) is 11.3 Å². The molecule has 1 aromatic carbocycles. The van der Waals surface area contributed by atoms with Crippen LogP contribution in [0.15, 0.2) is 40.8 Å². The van der Waals surface area contributed by atoms with Crippen molar-refractivity contribution in [1.82, 2.24) is 10.6 Å². The van der Waals surface area contributed by atoms with Crippen molar-refractivity contribution in [3.63, 3.8) is 0 Å². The van der Waals surface area contributed by atoms with Gasteiger partial charge in [0.25, 0.3) is 5.91 Å². The van der Waals surface area contributed by atoms with Crippen LogP contribution in [0.1, 0.15) is 23.4 Å². The zero-order valence-corrected chi connectivity index (χ0v) is 14.0. The molecule has 1 amide bonds. The van der Waals surface area contributed by atoms with E-state index in [1.54, 1.807) is 30.3 Å². The molecule has 0 saturated heterocycles. The third-order valence-corrected chi connectivity index (χ3v) is 3.64. The van der Waals surface area contributed by atoms with Crippen molar-refractivity contribution in [3.05, 3.63) is 42.2 Å². The highest BCUT2D eigenvalue weighted by molar-refractivity contribution is 5.95. The Labute approximate surface area is 149 Å². The van der Waals surface area contributed by atoms with E-state index in [2.05, 4.69) is 10.6 Å². The first-order valence-electron chi connectivity index (χ1n) is 7.94. The van der Waals surface area contributed by atoms with Crippen molar-refractivity contribution < 1.29 is 19.1 Å². The molecule has 2 rings (SSSR count). The molecule has 0 fully saturated rings. The molecule has 0 unspecified atom stereocenters. The van der Waals surface area contributed by atoms with E-state index >= 15 is 0 Å². The highest BCUT2D eigenvalue weighted by atomic mass is 16.4. The van der Waals surface area contributed by atoms with E-state index in [1.165, 1.54) is 6.07 Å². The molecule has 138 valence electrons. The second-order valence-electron chi connectivity index (χ2n) is 5.60. The quantitative estimate of drug-likeness (QED) is 0.177. The normalized spacial score (nSPS) is 11.5. The molecule has 1 heterocycles. The first-order chi connectivity index (χ1) is 12.4. The highest BCUT2D eigenvalue weighted by Gasteiger charge is 2.22. The van der Waals surface area contributed by atoms with E-state index in [4.69, 9.17) is 21.3 Å². The summed E-state index contributed by atoms with van der Waals surface area (Å²) < 4.78 is 5.51. The first-order valence-corrected chi connectivity index (χ1v) is 7.94. The molecule has 1 atom stereocenters. The summed E-state index contributed by atoms with van der Waals surface area (Å²) in [6.45, 7) is 0.340. The van der Waals surface area contributed by atoms with Gasteiger partial charge in [0.2, 0.25) is 0 Å². The maximum absolute atomic E-state index is 12.3. The van der Waals surface area contributed by atoms with Crippen LogP contribution in [0.4, 0.5) is 5.69 Å². The number of furan rings is 1. The zero-order valence-electron chi connectivity index (χ0n) is 14.0. The molecular weight excluding hydrogens is 338 g/mol. The summed E-state index contributed by atoms with van der Waals surface area (Å²) in [4.78, 5) is 23.6.